The first kappa shape index (κ1) is 15.4. The number of carbonyl (C=O) groups is 1. The highest BCUT2D eigenvalue weighted by Gasteiger charge is 2.31. The average molecular weight is 348 g/mol. The van der Waals surface area contributed by atoms with E-state index in [1.54, 1.807) is 28.0 Å². The summed E-state index contributed by atoms with van der Waals surface area (Å²) in [5.41, 5.74) is 0.703. The Bertz CT molecular complexity index is 820. The Labute approximate surface area is 143 Å². The van der Waals surface area contributed by atoms with Crippen LogP contribution in [0.1, 0.15) is 24.5 Å². The van der Waals surface area contributed by atoms with Gasteiger partial charge in [-0.2, -0.15) is 5.10 Å². The Hall–Kier alpha value is -2.15. The number of halogens is 1. The van der Waals surface area contributed by atoms with Gasteiger partial charge in [0.25, 0.3) is 5.56 Å². The molecule has 0 radical (unpaired) electrons. The van der Waals surface area contributed by atoms with Gasteiger partial charge in [0.05, 0.1) is 23.2 Å². The van der Waals surface area contributed by atoms with E-state index in [1.165, 1.54) is 10.9 Å². The summed E-state index contributed by atoms with van der Waals surface area (Å²) in [5, 5.41) is 4.76. The summed E-state index contributed by atoms with van der Waals surface area (Å²) in [6.45, 7) is 2.16. The van der Waals surface area contributed by atoms with Crippen molar-refractivity contribution in [2.24, 2.45) is 5.92 Å². The summed E-state index contributed by atoms with van der Waals surface area (Å²) in [5.74, 6) is 0.764. The Balaban J connectivity index is 1.30. The van der Waals surface area contributed by atoms with Gasteiger partial charge in [-0.05, 0) is 12.8 Å². The second-order valence-corrected chi connectivity index (χ2v) is 7.04. The fourth-order valence-electron chi connectivity index (χ4n) is 3.00. The third-order valence-corrected chi connectivity index (χ3v) is 4.75. The van der Waals surface area contributed by atoms with E-state index >= 15 is 0 Å². The van der Waals surface area contributed by atoms with Gasteiger partial charge < -0.3 is 4.90 Å². The molecule has 1 aliphatic carbocycles. The van der Waals surface area contributed by atoms with E-state index in [-0.39, 0.29) is 18.0 Å². The van der Waals surface area contributed by atoms with Gasteiger partial charge in [0.1, 0.15) is 6.54 Å². The summed E-state index contributed by atoms with van der Waals surface area (Å²) in [7, 11) is 0. The van der Waals surface area contributed by atoms with Crippen LogP contribution in [0, 0.1) is 5.92 Å². The zero-order valence-corrected chi connectivity index (χ0v) is 13.9. The average Bonchev–Trinajstić information content (AvgIpc) is 3.27. The van der Waals surface area contributed by atoms with Gasteiger partial charge in [0, 0.05) is 43.7 Å². The number of hydrogen-bond acceptors (Lipinski definition) is 4. The van der Waals surface area contributed by atoms with Crippen LogP contribution in [-0.4, -0.2) is 43.2 Å². The van der Waals surface area contributed by atoms with E-state index < -0.39 is 0 Å². The van der Waals surface area contributed by atoms with Gasteiger partial charge in [-0.3, -0.25) is 18.8 Å². The maximum absolute atomic E-state index is 12.3. The molecule has 24 heavy (non-hydrogen) atoms. The SMILES string of the molecule is O=C(Cn1cnc(C2CC2)cc1=O)N1CC(Cn2cc(Cl)cn2)C1. The molecule has 2 aromatic rings. The molecule has 1 aliphatic heterocycles. The van der Waals surface area contributed by atoms with Crippen molar-refractivity contribution in [3.05, 3.63) is 45.9 Å². The summed E-state index contributed by atoms with van der Waals surface area (Å²) in [4.78, 5) is 30.4. The van der Waals surface area contributed by atoms with Crippen molar-refractivity contribution in [1.29, 1.82) is 0 Å². The smallest absolute Gasteiger partial charge is 0.254 e. The topological polar surface area (TPSA) is 73.0 Å². The number of carbonyl (C=O) groups excluding carboxylic acids is 1. The van der Waals surface area contributed by atoms with Crippen molar-refractivity contribution in [3.63, 3.8) is 0 Å². The van der Waals surface area contributed by atoms with Crippen LogP contribution in [0.4, 0.5) is 0 Å². The summed E-state index contributed by atoms with van der Waals surface area (Å²) in [6, 6.07) is 1.56. The van der Waals surface area contributed by atoms with Crippen LogP contribution in [-0.2, 0) is 17.9 Å². The first-order valence-corrected chi connectivity index (χ1v) is 8.48. The molecular weight excluding hydrogens is 330 g/mol. The fraction of sp³-hybridized carbons (Fsp3) is 0.500. The van der Waals surface area contributed by atoms with Gasteiger partial charge in [-0.25, -0.2) is 4.98 Å². The van der Waals surface area contributed by atoms with Crippen LogP contribution in [0.2, 0.25) is 5.02 Å². The maximum Gasteiger partial charge on any atom is 0.254 e. The number of aromatic nitrogens is 4. The van der Waals surface area contributed by atoms with Crippen molar-refractivity contribution >= 4 is 17.5 Å². The monoisotopic (exact) mass is 347 g/mol. The standard InChI is InChI=1S/C16H18ClN5O2/c17-13-4-19-22(8-13)7-11-5-20(6-11)16(24)9-21-10-18-14(3-15(21)23)12-1-2-12/h3-4,8,10-12H,1-2,5-7,9H2. The lowest BCUT2D eigenvalue weighted by Crippen LogP contribution is -2.52. The second kappa shape index (κ2) is 6.05. The maximum atomic E-state index is 12.3. The van der Waals surface area contributed by atoms with Crippen molar-refractivity contribution in [3.8, 4) is 0 Å². The second-order valence-electron chi connectivity index (χ2n) is 6.60. The molecule has 126 valence electrons. The van der Waals surface area contributed by atoms with Crippen molar-refractivity contribution in [1.82, 2.24) is 24.2 Å². The van der Waals surface area contributed by atoms with Gasteiger partial charge in [-0.15, -0.1) is 0 Å². The Kier molecular flexibility index (Phi) is 3.88. The lowest BCUT2D eigenvalue weighted by atomic mass is 10.0. The van der Waals surface area contributed by atoms with Gasteiger partial charge in [0.2, 0.25) is 5.91 Å². The van der Waals surface area contributed by atoms with Crippen molar-refractivity contribution in [2.45, 2.75) is 31.8 Å². The minimum absolute atomic E-state index is 0.0483. The summed E-state index contributed by atoms with van der Waals surface area (Å²) < 4.78 is 3.18. The zero-order chi connectivity index (χ0) is 16.7. The number of rotatable bonds is 5. The molecule has 2 aromatic heterocycles. The molecule has 2 fully saturated rings. The molecule has 0 aromatic carbocycles. The van der Waals surface area contributed by atoms with E-state index in [0.717, 1.165) is 25.1 Å². The Morgan fingerprint density at radius 3 is 2.75 bits per heavy atom. The molecule has 8 heteroatoms. The molecule has 2 aliphatic rings. The van der Waals surface area contributed by atoms with Crippen LogP contribution in [0.5, 0.6) is 0 Å². The summed E-state index contributed by atoms with van der Waals surface area (Å²) >= 11 is 5.84. The predicted molar refractivity (Wildman–Crippen MR) is 87.8 cm³/mol. The molecule has 0 unspecified atom stereocenters. The van der Waals surface area contributed by atoms with Gasteiger partial charge in [0.15, 0.2) is 0 Å². The largest absolute Gasteiger partial charge is 0.340 e. The van der Waals surface area contributed by atoms with Crippen LogP contribution in [0.15, 0.2) is 29.6 Å². The fourth-order valence-corrected chi connectivity index (χ4v) is 3.15. The minimum Gasteiger partial charge on any atom is -0.340 e. The van der Waals surface area contributed by atoms with E-state index in [0.29, 0.717) is 29.9 Å². The molecule has 1 amide bonds. The highest BCUT2D eigenvalue weighted by Crippen LogP contribution is 2.38. The number of hydrogen-bond donors (Lipinski definition) is 0. The Morgan fingerprint density at radius 1 is 1.33 bits per heavy atom. The normalized spacial score (nSPS) is 17.8. The molecule has 3 heterocycles. The molecule has 1 saturated heterocycles. The third kappa shape index (κ3) is 3.21. The molecule has 0 N–H and O–H groups in total. The van der Waals surface area contributed by atoms with Crippen LogP contribution in [0.25, 0.3) is 0 Å². The predicted octanol–water partition coefficient (Wildman–Crippen LogP) is 1.13. The van der Waals surface area contributed by atoms with E-state index in [1.807, 2.05) is 0 Å². The number of nitrogens with zero attached hydrogens (tertiary/aromatic N) is 5. The number of amides is 1. The first-order chi connectivity index (χ1) is 11.6. The molecular formula is C16H18ClN5O2. The van der Waals surface area contributed by atoms with Gasteiger partial charge in [-0.1, -0.05) is 11.6 Å². The lowest BCUT2D eigenvalue weighted by molar-refractivity contribution is -0.138. The van der Waals surface area contributed by atoms with Crippen molar-refractivity contribution < 1.29 is 4.79 Å². The van der Waals surface area contributed by atoms with Crippen LogP contribution < -0.4 is 5.56 Å². The molecule has 0 spiro atoms. The zero-order valence-electron chi connectivity index (χ0n) is 13.1. The van der Waals surface area contributed by atoms with Crippen LogP contribution in [0.3, 0.4) is 0 Å². The molecule has 7 nitrogen and oxygen atoms in total. The lowest BCUT2D eigenvalue weighted by Gasteiger charge is -2.39. The quantitative estimate of drug-likeness (QED) is 0.812. The van der Waals surface area contributed by atoms with E-state index in [4.69, 9.17) is 11.6 Å². The highest BCUT2D eigenvalue weighted by molar-refractivity contribution is 6.30. The van der Waals surface area contributed by atoms with Crippen molar-refractivity contribution in [2.75, 3.05) is 13.1 Å². The summed E-state index contributed by atoms with van der Waals surface area (Å²) in [6.07, 6.45) is 7.08. The van der Waals surface area contributed by atoms with Gasteiger partial charge >= 0.3 is 0 Å². The van der Waals surface area contributed by atoms with E-state index in [9.17, 15) is 9.59 Å². The third-order valence-electron chi connectivity index (χ3n) is 4.56. The minimum atomic E-state index is -0.150. The molecule has 0 atom stereocenters. The number of likely N-dealkylation sites (tertiary alicyclic amines) is 1. The highest BCUT2D eigenvalue weighted by atomic mass is 35.5. The first-order valence-electron chi connectivity index (χ1n) is 8.10. The molecule has 1 saturated carbocycles. The van der Waals surface area contributed by atoms with E-state index in [2.05, 4.69) is 10.1 Å². The molecule has 4 rings (SSSR count). The Morgan fingerprint density at radius 2 is 2.12 bits per heavy atom. The van der Waals surface area contributed by atoms with Crippen LogP contribution >= 0.6 is 11.6 Å². The molecule has 0 bridgehead atoms.